The molecular formula is C26H35F2N. The van der Waals surface area contributed by atoms with Crippen LogP contribution in [0, 0.1) is 20.8 Å². The van der Waals surface area contributed by atoms with Crippen molar-refractivity contribution < 1.29 is 8.78 Å². The van der Waals surface area contributed by atoms with Gasteiger partial charge in [-0.25, -0.2) is 8.78 Å². The van der Waals surface area contributed by atoms with Crippen molar-refractivity contribution in [2.24, 2.45) is 0 Å². The van der Waals surface area contributed by atoms with Gasteiger partial charge >= 0.3 is 0 Å². The van der Waals surface area contributed by atoms with Crippen molar-refractivity contribution in [3.63, 3.8) is 0 Å². The van der Waals surface area contributed by atoms with Gasteiger partial charge in [0.2, 0.25) is 6.93 Å². The van der Waals surface area contributed by atoms with E-state index in [4.69, 9.17) is 0 Å². The van der Waals surface area contributed by atoms with Gasteiger partial charge in [-0.2, -0.15) is 0 Å². The third-order valence-corrected chi connectivity index (χ3v) is 5.05. The summed E-state index contributed by atoms with van der Waals surface area (Å²) in [5, 5.41) is 0. The minimum Gasteiger partial charge on any atom is -0.258 e. The molecule has 0 aliphatic heterocycles. The predicted molar refractivity (Wildman–Crippen MR) is 122 cm³/mol. The van der Waals surface area contributed by atoms with Crippen LogP contribution in [0.25, 0.3) is 5.57 Å². The van der Waals surface area contributed by atoms with Crippen LogP contribution in [-0.2, 0) is 12.8 Å². The SMILES string of the molecule is C=C(CCC)C/C(=C/C)c1ccc(CCc2ccc(C)nc2C)cc1C.FCF. The maximum absolute atomic E-state index is 9.62. The fourth-order valence-corrected chi connectivity index (χ4v) is 3.56. The van der Waals surface area contributed by atoms with E-state index in [9.17, 15) is 8.78 Å². The topological polar surface area (TPSA) is 12.9 Å². The Morgan fingerprint density at radius 2 is 1.76 bits per heavy atom. The van der Waals surface area contributed by atoms with Gasteiger partial charge in [0.1, 0.15) is 0 Å². The van der Waals surface area contributed by atoms with E-state index in [1.807, 2.05) is 6.92 Å². The number of hydrogen-bond acceptors (Lipinski definition) is 1. The maximum atomic E-state index is 9.62. The van der Waals surface area contributed by atoms with Gasteiger partial charge in [-0.05, 0) is 87.3 Å². The van der Waals surface area contributed by atoms with Crippen molar-refractivity contribution in [3.05, 3.63) is 82.2 Å². The molecule has 0 amide bonds. The summed E-state index contributed by atoms with van der Waals surface area (Å²) in [5.41, 5.74) is 10.4. The van der Waals surface area contributed by atoms with Gasteiger partial charge < -0.3 is 0 Å². The zero-order chi connectivity index (χ0) is 21.8. The minimum atomic E-state index is -1.75. The average molecular weight is 400 g/mol. The second-order valence-corrected chi connectivity index (χ2v) is 7.44. The third-order valence-electron chi connectivity index (χ3n) is 5.05. The van der Waals surface area contributed by atoms with E-state index in [2.05, 4.69) is 75.7 Å². The largest absolute Gasteiger partial charge is 0.258 e. The Morgan fingerprint density at radius 1 is 1.07 bits per heavy atom. The van der Waals surface area contributed by atoms with Gasteiger partial charge in [0.05, 0.1) is 0 Å². The van der Waals surface area contributed by atoms with Gasteiger partial charge in [-0.3, -0.25) is 4.98 Å². The highest BCUT2D eigenvalue weighted by molar-refractivity contribution is 5.70. The van der Waals surface area contributed by atoms with Gasteiger partial charge in [-0.1, -0.05) is 55.8 Å². The molecule has 0 atom stereocenters. The first-order chi connectivity index (χ1) is 13.9. The molecule has 0 spiro atoms. The van der Waals surface area contributed by atoms with E-state index in [1.54, 1.807) is 0 Å². The van der Waals surface area contributed by atoms with Gasteiger partial charge in [0, 0.05) is 11.4 Å². The zero-order valence-electron chi connectivity index (χ0n) is 18.6. The number of benzene rings is 1. The van der Waals surface area contributed by atoms with Crippen LogP contribution in [0.2, 0.25) is 0 Å². The Bertz CT molecular complexity index is 821. The lowest BCUT2D eigenvalue weighted by atomic mass is 9.91. The molecule has 0 N–H and O–H groups in total. The van der Waals surface area contributed by atoms with Crippen LogP contribution in [0.5, 0.6) is 0 Å². The smallest absolute Gasteiger partial charge is 0.229 e. The number of hydrogen-bond donors (Lipinski definition) is 0. The molecule has 1 nitrogen and oxygen atoms in total. The van der Waals surface area contributed by atoms with Crippen LogP contribution in [-0.4, -0.2) is 11.9 Å². The van der Waals surface area contributed by atoms with Gasteiger partial charge in [-0.15, -0.1) is 0 Å². The van der Waals surface area contributed by atoms with Crippen molar-refractivity contribution >= 4 is 5.57 Å². The molecule has 0 aliphatic carbocycles. The first-order valence-corrected chi connectivity index (χ1v) is 10.3. The molecule has 0 aliphatic rings. The summed E-state index contributed by atoms with van der Waals surface area (Å²) < 4.78 is 19.2. The highest BCUT2D eigenvalue weighted by atomic mass is 19.3. The fraction of sp³-hybridized carbons (Fsp3) is 0.423. The van der Waals surface area contributed by atoms with Crippen LogP contribution in [0.1, 0.15) is 66.8 Å². The molecular weight excluding hydrogens is 364 g/mol. The van der Waals surface area contributed by atoms with Crippen molar-refractivity contribution in [1.82, 2.24) is 4.98 Å². The highest BCUT2D eigenvalue weighted by Crippen LogP contribution is 2.27. The molecule has 1 aromatic heterocycles. The number of pyridine rings is 1. The molecule has 0 fully saturated rings. The first kappa shape index (κ1) is 24.7. The summed E-state index contributed by atoms with van der Waals surface area (Å²) in [6.45, 7) is 13.2. The number of aromatic nitrogens is 1. The molecule has 3 heteroatoms. The average Bonchev–Trinajstić information content (AvgIpc) is 2.67. The zero-order valence-corrected chi connectivity index (χ0v) is 18.6. The Kier molecular flexibility index (Phi) is 11.1. The van der Waals surface area contributed by atoms with Crippen LogP contribution in [0.4, 0.5) is 8.78 Å². The maximum Gasteiger partial charge on any atom is 0.229 e. The Hall–Kier alpha value is -2.29. The number of aryl methyl sites for hydroxylation is 5. The number of alkyl halides is 2. The third kappa shape index (κ3) is 8.31. The molecule has 0 bridgehead atoms. The van der Waals surface area contributed by atoms with Crippen LogP contribution < -0.4 is 0 Å². The summed E-state index contributed by atoms with van der Waals surface area (Å²) in [6.07, 6.45) is 7.60. The summed E-state index contributed by atoms with van der Waals surface area (Å²) in [5.74, 6) is 0. The quantitative estimate of drug-likeness (QED) is 0.412. The van der Waals surface area contributed by atoms with E-state index < -0.39 is 6.93 Å². The molecule has 158 valence electrons. The highest BCUT2D eigenvalue weighted by Gasteiger charge is 2.08. The predicted octanol–water partition coefficient (Wildman–Crippen LogP) is 7.82. The Balaban J connectivity index is 0.00000132. The van der Waals surface area contributed by atoms with Gasteiger partial charge in [0.15, 0.2) is 0 Å². The van der Waals surface area contributed by atoms with E-state index in [0.29, 0.717) is 0 Å². The monoisotopic (exact) mass is 399 g/mol. The second-order valence-electron chi connectivity index (χ2n) is 7.44. The molecule has 2 aromatic rings. The molecule has 0 saturated carbocycles. The normalized spacial score (nSPS) is 11.1. The van der Waals surface area contributed by atoms with Crippen LogP contribution in [0.15, 0.2) is 48.6 Å². The lowest BCUT2D eigenvalue weighted by molar-refractivity contribution is 0.295. The van der Waals surface area contributed by atoms with Crippen molar-refractivity contribution in [3.8, 4) is 0 Å². The summed E-state index contributed by atoms with van der Waals surface area (Å²) >= 11 is 0. The standard InChI is InChI=1S/C25H33N.CH2F2/c1-7-9-18(3)16-23(8-2)25-15-12-22(17-19(25)4)11-14-24-13-10-20(5)26-21(24)6;2-1-3/h8,10,12-13,15,17H,3,7,9,11,14,16H2,1-2,4-6H3;1H2/b23-8-;. The van der Waals surface area contributed by atoms with Crippen LogP contribution in [0.3, 0.4) is 0 Å². The van der Waals surface area contributed by atoms with Crippen molar-refractivity contribution in [2.75, 3.05) is 6.93 Å². The van der Waals surface area contributed by atoms with E-state index >= 15 is 0 Å². The van der Waals surface area contributed by atoms with Gasteiger partial charge in [0.25, 0.3) is 0 Å². The van der Waals surface area contributed by atoms with E-state index in [1.165, 1.54) is 39.8 Å². The molecule has 0 radical (unpaired) electrons. The molecule has 29 heavy (non-hydrogen) atoms. The van der Waals surface area contributed by atoms with Crippen molar-refractivity contribution in [2.45, 2.75) is 66.7 Å². The van der Waals surface area contributed by atoms with Crippen LogP contribution >= 0.6 is 0 Å². The number of rotatable bonds is 8. The summed E-state index contributed by atoms with van der Waals surface area (Å²) in [4.78, 5) is 4.58. The second kappa shape index (κ2) is 13.0. The Morgan fingerprint density at radius 3 is 2.31 bits per heavy atom. The molecule has 0 saturated heterocycles. The van der Waals surface area contributed by atoms with E-state index in [0.717, 1.165) is 37.1 Å². The number of halogens is 2. The molecule has 1 aromatic carbocycles. The first-order valence-electron chi connectivity index (χ1n) is 10.3. The summed E-state index contributed by atoms with van der Waals surface area (Å²) in [7, 11) is 0. The Labute approximate surface area is 175 Å². The number of allylic oxidation sites excluding steroid dienone is 3. The van der Waals surface area contributed by atoms with Crippen molar-refractivity contribution in [1.29, 1.82) is 0 Å². The molecule has 0 unspecified atom stereocenters. The lowest BCUT2D eigenvalue weighted by Crippen LogP contribution is -1.99. The molecule has 1 heterocycles. The van der Waals surface area contributed by atoms with E-state index in [-0.39, 0.29) is 0 Å². The minimum absolute atomic E-state index is 0.985. The fourth-order valence-electron chi connectivity index (χ4n) is 3.56. The number of nitrogens with zero attached hydrogens (tertiary/aromatic N) is 1. The lowest BCUT2D eigenvalue weighted by Gasteiger charge is -2.14. The summed E-state index contributed by atoms with van der Waals surface area (Å²) in [6, 6.07) is 11.2. The molecule has 2 rings (SSSR count).